The topological polar surface area (TPSA) is 41.8 Å². The molecule has 0 fully saturated rings. The fraction of sp³-hybridized carbons (Fsp3) is 0.269. The van der Waals surface area contributed by atoms with Crippen LogP contribution in [0.2, 0.25) is 0 Å². The summed E-state index contributed by atoms with van der Waals surface area (Å²) in [6.07, 6.45) is 1.79. The van der Waals surface area contributed by atoms with E-state index >= 15 is 0 Å². The van der Waals surface area contributed by atoms with Gasteiger partial charge in [0.25, 0.3) is 0 Å². The highest BCUT2D eigenvalue weighted by Gasteiger charge is 2.23. The Kier molecular flexibility index (Phi) is 5.14. The lowest BCUT2D eigenvalue weighted by Gasteiger charge is -2.19. The fourth-order valence-corrected chi connectivity index (χ4v) is 4.06. The van der Waals surface area contributed by atoms with Gasteiger partial charge in [0.15, 0.2) is 5.76 Å². The molecule has 4 rings (SSSR count). The number of nitrogens with one attached hydrogen (secondary N) is 1. The molecule has 3 nitrogen and oxygen atoms in total. The minimum absolute atomic E-state index is 0.425. The van der Waals surface area contributed by atoms with Gasteiger partial charge in [-0.15, -0.1) is 0 Å². The van der Waals surface area contributed by atoms with Crippen molar-refractivity contribution in [2.75, 3.05) is 0 Å². The molecule has 1 N–H and O–H groups in total. The second-order valence-corrected chi connectivity index (χ2v) is 8.22. The smallest absolute Gasteiger partial charge is 0.159 e. The lowest BCUT2D eigenvalue weighted by atomic mass is 9.84. The van der Waals surface area contributed by atoms with Crippen molar-refractivity contribution in [2.24, 2.45) is 0 Å². The van der Waals surface area contributed by atoms with Crippen LogP contribution < -0.4 is 0 Å². The van der Waals surface area contributed by atoms with Gasteiger partial charge in [-0.1, -0.05) is 76.2 Å². The summed E-state index contributed by atoms with van der Waals surface area (Å²) >= 11 is 0. The lowest BCUT2D eigenvalue weighted by Crippen LogP contribution is -2.00. The normalized spacial score (nSPS) is 11.6. The number of hydrogen-bond donors (Lipinski definition) is 1. The van der Waals surface area contributed by atoms with Gasteiger partial charge >= 0.3 is 0 Å². The van der Waals surface area contributed by atoms with E-state index in [1.165, 1.54) is 16.7 Å². The molecule has 2 aromatic heterocycles. The molecule has 2 aromatic carbocycles. The van der Waals surface area contributed by atoms with Crippen LogP contribution in [0.4, 0.5) is 0 Å². The summed E-state index contributed by atoms with van der Waals surface area (Å²) in [5.41, 5.74) is 9.22. The second kappa shape index (κ2) is 7.75. The number of furan rings is 1. The van der Waals surface area contributed by atoms with Gasteiger partial charge in [0.1, 0.15) is 5.69 Å². The lowest BCUT2D eigenvalue weighted by molar-refractivity contribution is 0.580. The van der Waals surface area contributed by atoms with Gasteiger partial charge < -0.3 is 4.42 Å². The number of H-pyrrole nitrogens is 1. The van der Waals surface area contributed by atoms with Crippen LogP contribution in [0.5, 0.6) is 0 Å². The largest absolute Gasteiger partial charge is 0.462 e. The summed E-state index contributed by atoms with van der Waals surface area (Å²) in [6, 6.07) is 19.0. The highest BCUT2D eigenvalue weighted by Crippen LogP contribution is 2.42. The summed E-state index contributed by atoms with van der Waals surface area (Å²) in [7, 11) is 0. The van der Waals surface area contributed by atoms with Crippen molar-refractivity contribution in [3.8, 4) is 33.8 Å². The SMILES string of the molecule is Cc1c(-c2ccccc2)n[nH]c1-c1occc1-c1c(C(C)C)cccc1C(C)C. The molecule has 0 atom stereocenters. The molecule has 0 saturated heterocycles. The van der Waals surface area contributed by atoms with Crippen LogP contribution in [-0.4, -0.2) is 10.2 Å². The molecular weight excluding hydrogens is 356 g/mol. The van der Waals surface area contributed by atoms with Crippen molar-refractivity contribution >= 4 is 0 Å². The Morgan fingerprint density at radius 1 is 0.828 bits per heavy atom. The zero-order valence-corrected chi connectivity index (χ0v) is 17.8. The second-order valence-electron chi connectivity index (χ2n) is 8.22. The van der Waals surface area contributed by atoms with E-state index in [2.05, 4.69) is 81.2 Å². The number of aromatic nitrogens is 2. The first-order valence-corrected chi connectivity index (χ1v) is 10.3. The Bertz CT molecular complexity index is 1090. The highest BCUT2D eigenvalue weighted by atomic mass is 16.3. The van der Waals surface area contributed by atoms with Crippen molar-refractivity contribution in [3.05, 3.63) is 77.6 Å². The standard InChI is InChI=1S/C26H28N2O/c1-16(2)20-12-9-13-21(17(3)4)23(20)22-14-15-29-26(22)25-18(5)24(27-28-25)19-10-7-6-8-11-19/h6-17H,1-5H3,(H,27,28). The van der Waals surface area contributed by atoms with E-state index in [9.17, 15) is 0 Å². The molecule has 0 unspecified atom stereocenters. The third kappa shape index (κ3) is 3.42. The van der Waals surface area contributed by atoms with Crippen molar-refractivity contribution in [1.29, 1.82) is 0 Å². The molecule has 148 valence electrons. The number of rotatable bonds is 5. The minimum Gasteiger partial charge on any atom is -0.462 e. The van der Waals surface area contributed by atoms with E-state index in [4.69, 9.17) is 4.42 Å². The van der Waals surface area contributed by atoms with Crippen molar-refractivity contribution < 1.29 is 4.42 Å². The van der Waals surface area contributed by atoms with Crippen LogP contribution in [0.15, 0.2) is 65.3 Å². The summed E-state index contributed by atoms with van der Waals surface area (Å²) in [5, 5.41) is 7.85. The van der Waals surface area contributed by atoms with E-state index in [1.54, 1.807) is 6.26 Å². The maximum Gasteiger partial charge on any atom is 0.159 e. The van der Waals surface area contributed by atoms with Gasteiger partial charge in [0.2, 0.25) is 0 Å². The Hall–Kier alpha value is -3.07. The monoisotopic (exact) mass is 384 g/mol. The van der Waals surface area contributed by atoms with Gasteiger partial charge in [-0.2, -0.15) is 5.10 Å². The molecule has 0 aliphatic rings. The quantitative estimate of drug-likeness (QED) is 0.386. The Morgan fingerprint density at radius 2 is 1.48 bits per heavy atom. The van der Waals surface area contributed by atoms with Gasteiger partial charge in [-0.25, -0.2) is 0 Å². The fourth-order valence-electron chi connectivity index (χ4n) is 4.06. The first-order valence-electron chi connectivity index (χ1n) is 10.3. The predicted octanol–water partition coefficient (Wildman–Crippen LogP) is 7.56. The molecule has 0 aliphatic heterocycles. The zero-order valence-electron chi connectivity index (χ0n) is 17.8. The highest BCUT2D eigenvalue weighted by molar-refractivity contribution is 5.85. The number of aromatic amines is 1. The first kappa shape index (κ1) is 19.3. The maximum atomic E-state index is 6.03. The molecule has 2 heterocycles. The van der Waals surface area contributed by atoms with Crippen LogP contribution >= 0.6 is 0 Å². The Balaban J connectivity index is 1.90. The zero-order chi connectivity index (χ0) is 20.5. The number of hydrogen-bond acceptors (Lipinski definition) is 2. The van der Waals surface area contributed by atoms with E-state index in [0.717, 1.165) is 33.8 Å². The first-order chi connectivity index (χ1) is 14.0. The molecule has 0 bridgehead atoms. The Labute approximate surface area is 172 Å². The summed E-state index contributed by atoms with van der Waals surface area (Å²) in [6.45, 7) is 11.1. The molecular formula is C26H28N2O. The van der Waals surface area contributed by atoms with E-state index in [0.29, 0.717) is 11.8 Å². The predicted molar refractivity (Wildman–Crippen MR) is 120 cm³/mol. The van der Waals surface area contributed by atoms with E-state index < -0.39 is 0 Å². The van der Waals surface area contributed by atoms with Gasteiger partial charge in [-0.3, -0.25) is 5.10 Å². The maximum absolute atomic E-state index is 6.03. The van der Waals surface area contributed by atoms with Crippen LogP contribution in [0.1, 0.15) is 56.2 Å². The summed E-state index contributed by atoms with van der Waals surface area (Å²) < 4.78 is 6.03. The van der Waals surface area contributed by atoms with Crippen molar-refractivity contribution in [3.63, 3.8) is 0 Å². The molecule has 29 heavy (non-hydrogen) atoms. The van der Waals surface area contributed by atoms with Crippen LogP contribution in [0.3, 0.4) is 0 Å². The number of nitrogens with zero attached hydrogens (tertiary/aromatic N) is 1. The molecule has 0 amide bonds. The molecule has 0 saturated carbocycles. The van der Waals surface area contributed by atoms with Gasteiger partial charge in [0, 0.05) is 16.7 Å². The average Bonchev–Trinajstić information content (AvgIpc) is 3.34. The minimum atomic E-state index is 0.425. The molecule has 3 heteroatoms. The van der Waals surface area contributed by atoms with Gasteiger partial charge in [-0.05, 0) is 41.5 Å². The average molecular weight is 385 g/mol. The van der Waals surface area contributed by atoms with Crippen molar-refractivity contribution in [2.45, 2.75) is 46.5 Å². The van der Waals surface area contributed by atoms with E-state index in [-0.39, 0.29) is 0 Å². The van der Waals surface area contributed by atoms with Gasteiger partial charge in [0.05, 0.1) is 12.0 Å². The molecule has 4 aromatic rings. The molecule has 0 radical (unpaired) electrons. The Morgan fingerprint density at radius 3 is 2.10 bits per heavy atom. The van der Waals surface area contributed by atoms with Crippen LogP contribution in [0, 0.1) is 6.92 Å². The summed E-state index contributed by atoms with van der Waals surface area (Å²) in [4.78, 5) is 0. The summed E-state index contributed by atoms with van der Waals surface area (Å²) in [5.74, 6) is 1.70. The molecule has 0 aliphatic carbocycles. The third-order valence-corrected chi connectivity index (χ3v) is 5.59. The van der Waals surface area contributed by atoms with Crippen LogP contribution in [0.25, 0.3) is 33.8 Å². The van der Waals surface area contributed by atoms with Crippen LogP contribution in [-0.2, 0) is 0 Å². The van der Waals surface area contributed by atoms with E-state index in [1.807, 2.05) is 18.2 Å². The van der Waals surface area contributed by atoms with Crippen molar-refractivity contribution in [1.82, 2.24) is 10.2 Å². The third-order valence-electron chi connectivity index (χ3n) is 5.59. The molecule has 0 spiro atoms. The number of benzene rings is 2.